The molecule has 128 valence electrons. The summed E-state index contributed by atoms with van der Waals surface area (Å²) in [5.74, 6) is 0.263. The predicted octanol–water partition coefficient (Wildman–Crippen LogP) is 2.10. The molecule has 24 heavy (non-hydrogen) atoms. The van der Waals surface area contributed by atoms with Crippen LogP contribution in [0.1, 0.15) is 18.2 Å². The molecule has 0 bridgehead atoms. The largest absolute Gasteiger partial charge is 0.481 e. The van der Waals surface area contributed by atoms with E-state index in [2.05, 4.69) is 10.3 Å². The number of aryl methyl sites for hydroxylation is 1. The minimum atomic E-state index is -0.668. The summed E-state index contributed by atoms with van der Waals surface area (Å²) in [6, 6.07) is 6.86. The third-order valence-corrected chi connectivity index (χ3v) is 3.88. The van der Waals surface area contributed by atoms with Gasteiger partial charge in [0.15, 0.2) is 6.10 Å². The number of halogens is 1. The number of nitrogens with zero attached hydrogens (tertiary/aromatic N) is 2. The van der Waals surface area contributed by atoms with E-state index in [0.717, 1.165) is 0 Å². The molecule has 0 fully saturated rings. The molecule has 2 rings (SSSR count). The van der Waals surface area contributed by atoms with Crippen molar-refractivity contribution in [2.75, 3.05) is 6.54 Å². The number of rotatable bonds is 6. The van der Waals surface area contributed by atoms with Gasteiger partial charge in [-0.15, -0.1) is 0 Å². The highest BCUT2D eigenvalue weighted by Gasteiger charge is 2.14. The Labute approximate surface area is 145 Å². The lowest BCUT2D eigenvalue weighted by atomic mass is 10.3. The first-order chi connectivity index (χ1) is 11.4. The molecule has 6 nitrogen and oxygen atoms in total. The fourth-order valence-electron chi connectivity index (χ4n) is 2.08. The molecule has 1 aromatic heterocycles. The normalized spacial score (nSPS) is 11.8. The number of ether oxygens (including phenoxy) is 1. The summed E-state index contributed by atoms with van der Waals surface area (Å²) in [5.41, 5.74) is 1.23. The first-order valence-electron chi connectivity index (χ1n) is 7.61. The minimum Gasteiger partial charge on any atom is -0.481 e. The van der Waals surface area contributed by atoms with Gasteiger partial charge >= 0.3 is 0 Å². The van der Waals surface area contributed by atoms with E-state index in [9.17, 15) is 9.59 Å². The Morgan fingerprint density at radius 3 is 2.88 bits per heavy atom. The van der Waals surface area contributed by atoms with Crippen molar-refractivity contribution >= 4 is 17.5 Å². The predicted molar refractivity (Wildman–Crippen MR) is 92.5 cm³/mol. The van der Waals surface area contributed by atoms with Crippen molar-refractivity contribution < 1.29 is 9.53 Å². The zero-order chi connectivity index (χ0) is 17.7. The quantitative estimate of drug-likeness (QED) is 0.866. The van der Waals surface area contributed by atoms with Crippen molar-refractivity contribution in [3.8, 4) is 5.75 Å². The van der Waals surface area contributed by atoms with Crippen molar-refractivity contribution in [2.24, 2.45) is 0 Å². The first kappa shape index (κ1) is 18.0. The number of nitrogens with one attached hydrogen (secondary N) is 1. The molecule has 1 N–H and O–H groups in total. The molecule has 1 unspecified atom stereocenters. The van der Waals surface area contributed by atoms with Gasteiger partial charge in [0.2, 0.25) is 0 Å². The molecular formula is C17H20ClN3O3. The molecule has 0 aliphatic heterocycles. The summed E-state index contributed by atoms with van der Waals surface area (Å²) in [6.45, 7) is 5.84. The second-order valence-electron chi connectivity index (χ2n) is 5.46. The van der Waals surface area contributed by atoms with Crippen molar-refractivity contribution in [3.05, 3.63) is 57.2 Å². The molecule has 0 aliphatic carbocycles. The average molecular weight is 350 g/mol. The van der Waals surface area contributed by atoms with Gasteiger partial charge in [0.1, 0.15) is 5.75 Å². The third-order valence-electron chi connectivity index (χ3n) is 3.65. The van der Waals surface area contributed by atoms with Crippen LogP contribution in [0.3, 0.4) is 0 Å². The van der Waals surface area contributed by atoms with Crippen molar-refractivity contribution in [2.45, 2.75) is 33.4 Å². The fraction of sp³-hybridized carbons (Fsp3) is 0.353. The second-order valence-corrected chi connectivity index (χ2v) is 5.90. The molecule has 1 amide bonds. The van der Waals surface area contributed by atoms with Gasteiger partial charge in [-0.25, -0.2) is 4.98 Å². The number of aromatic nitrogens is 2. The highest BCUT2D eigenvalue weighted by Crippen LogP contribution is 2.18. The van der Waals surface area contributed by atoms with Crippen molar-refractivity contribution in [1.82, 2.24) is 14.9 Å². The summed E-state index contributed by atoms with van der Waals surface area (Å²) >= 11 is 5.88. The van der Waals surface area contributed by atoms with Gasteiger partial charge < -0.3 is 10.1 Å². The Bertz CT molecular complexity index is 789. The Balaban J connectivity index is 1.87. The average Bonchev–Trinajstić information content (AvgIpc) is 2.54. The Morgan fingerprint density at radius 1 is 1.42 bits per heavy atom. The van der Waals surface area contributed by atoms with E-state index >= 15 is 0 Å². The molecule has 1 atom stereocenters. The molecule has 0 radical (unpaired) electrons. The van der Waals surface area contributed by atoms with Crippen LogP contribution in [0.25, 0.3) is 0 Å². The highest BCUT2D eigenvalue weighted by atomic mass is 35.5. The molecule has 0 saturated carbocycles. The van der Waals surface area contributed by atoms with E-state index in [0.29, 0.717) is 35.1 Å². The van der Waals surface area contributed by atoms with Crippen LogP contribution < -0.4 is 15.6 Å². The number of amides is 1. The van der Waals surface area contributed by atoms with Gasteiger partial charge in [0.05, 0.1) is 6.33 Å². The summed E-state index contributed by atoms with van der Waals surface area (Å²) in [7, 11) is 0. The van der Waals surface area contributed by atoms with Gasteiger partial charge in [-0.05, 0) is 39.0 Å². The monoisotopic (exact) mass is 349 g/mol. The fourth-order valence-corrected chi connectivity index (χ4v) is 2.26. The third kappa shape index (κ3) is 4.58. The molecule has 1 heterocycles. The summed E-state index contributed by atoms with van der Waals surface area (Å²) in [6.07, 6.45) is 0.820. The van der Waals surface area contributed by atoms with E-state index in [1.165, 1.54) is 10.9 Å². The highest BCUT2D eigenvalue weighted by molar-refractivity contribution is 6.30. The number of hydrogen-bond donors (Lipinski definition) is 1. The number of carbonyl (C=O) groups excluding carboxylic acids is 1. The van der Waals surface area contributed by atoms with Gasteiger partial charge in [0, 0.05) is 29.4 Å². The lowest BCUT2D eigenvalue weighted by Crippen LogP contribution is -2.39. The standard InChI is InChI=1S/C17H20ClN3O3/c1-11-12(2)20-10-21(17(11)23)8-7-19-16(22)13(3)24-15-6-4-5-14(18)9-15/h4-6,9-10,13H,7-8H2,1-3H3,(H,19,22). The molecule has 0 saturated heterocycles. The van der Waals surface area contributed by atoms with Crippen molar-refractivity contribution in [3.63, 3.8) is 0 Å². The van der Waals surface area contributed by atoms with Crippen molar-refractivity contribution in [1.29, 1.82) is 0 Å². The maximum atomic E-state index is 12.1. The van der Waals surface area contributed by atoms with Crippen LogP contribution in [-0.4, -0.2) is 28.1 Å². The number of hydrogen-bond acceptors (Lipinski definition) is 4. The maximum Gasteiger partial charge on any atom is 0.260 e. The summed E-state index contributed by atoms with van der Waals surface area (Å²) in [5, 5.41) is 3.29. The van der Waals surface area contributed by atoms with Crippen LogP contribution in [0.5, 0.6) is 5.75 Å². The first-order valence-corrected chi connectivity index (χ1v) is 7.99. The molecule has 0 aliphatic rings. The Morgan fingerprint density at radius 2 is 2.17 bits per heavy atom. The van der Waals surface area contributed by atoms with Crippen LogP contribution >= 0.6 is 11.6 Å². The van der Waals surface area contributed by atoms with E-state index in [-0.39, 0.29) is 11.5 Å². The van der Waals surface area contributed by atoms with Gasteiger partial charge in [-0.2, -0.15) is 0 Å². The van der Waals surface area contributed by atoms with Crippen LogP contribution in [0.4, 0.5) is 0 Å². The van der Waals surface area contributed by atoms with Gasteiger partial charge in [-0.3, -0.25) is 14.2 Å². The van der Waals surface area contributed by atoms with Crippen LogP contribution in [0.2, 0.25) is 5.02 Å². The topological polar surface area (TPSA) is 73.2 Å². The van der Waals surface area contributed by atoms with E-state index < -0.39 is 6.10 Å². The smallest absolute Gasteiger partial charge is 0.260 e. The molecule has 2 aromatic rings. The van der Waals surface area contributed by atoms with Gasteiger partial charge in [-0.1, -0.05) is 17.7 Å². The van der Waals surface area contributed by atoms with Crippen LogP contribution in [0, 0.1) is 13.8 Å². The molecule has 0 spiro atoms. The molecular weight excluding hydrogens is 330 g/mol. The van der Waals surface area contributed by atoms with E-state index in [4.69, 9.17) is 16.3 Å². The lowest BCUT2D eigenvalue weighted by molar-refractivity contribution is -0.127. The van der Waals surface area contributed by atoms with E-state index in [1.807, 2.05) is 0 Å². The number of benzene rings is 1. The summed E-state index contributed by atoms with van der Waals surface area (Å²) < 4.78 is 7.02. The lowest BCUT2D eigenvalue weighted by Gasteiger charge is -2.15. The Hall–Kier alpha value is -2.34. The van der Waals surface area contributed by atoms with Crippen LogP contribution in [-0.2, 0) is 11.3 Å². The van der Waals surface area contributed by atoms with E-state index in [1.54, 1.807) is 45.0 Å². The van der Waals surface area contributed by atoms with Gasteiger partial charge in [0.25, 0.3) is 11.5 Å². The maximum absolute atomic E-state index is 12.1. The minimum absolute atomic E-state index is 0.0972. The summed E-state index contributed by atoms with van der Waals surface area (Å²) in [4.78, 5) is 28.3. The second kappa shape index (κ2) is 7.97. The number of carbonyl (C=O) groups is 1. The molecule has 7 heteroatoms. The Kier molecular flexibility index (Phi) is 5.98. The molecule has 1 aromatic carbocycles. The SMILES string of the molecule is Cc1ncn(CCNC(=O)C(C)Oc2cccc(Cl)c2)c(=O)c1C. The zero-order valence-electron chi connectivity index (χ0n) is 13.9. The zero-order valence-corrected chi connectivity index (χ0v) is 14.6. The van der Waals surface area contributed by atoms with Crippen LogP contribution in [0.15, 0.2) is 35.4 Å².